The van der Waals surface area contributed by atoms with Crippen molar-refractivity contribution in [1.29, 1.82) is 5.26 Å². The number of hydrogen-bond donors (Lipinski definition) is 1. The quantitative estimate of drug-likeness (QED) is 0.868. The molecule has 21 heavy (non-hydrogen) atoms. The van der Waals surface area contributed by atoms with Crippen LogP contribution in [-0.4, -0.2) is 15.7 Å². The molecule has 2 rings (SSSR count). The van der Waals surface area contributed by atoms with E-state index in [1.807, 2.05) is 6.92 Å². The van der Waals surface area contributed by atoms with Crippen molar-refractivity contribution in [2.75, 3.05) is 5.73 Å². The average Bonchev–Trinajstić information content (AvgIpc) is 2.70. The predicted molar refractivity (Wildman–Crippen MR) is 77.4 cm³/mol. The van der Waals surface area contributed by atoms with E-state index in [4.69, 9.17) is 15.7 Å². The maximum atomic E-state index is 12.1. The lowest BCUT2D eigenvalue weighted by atomic mass is 10.1. The molecule has 0 aliphatic rings. The van der Waals surface area contributed by atoms with E-state index in [1.54, 1.807) is 32.2 Å². The minimum Gasteiger partial charge on any atom is -0.456 e. The molecule has 0 spiro atoms. The summed E-state index contributed by atoms with van der Waals surface area (Å²) in [4.78, 5) is 12.1. The number of nitrogens with zero attached hydrogens (tertiary/aromatic N) is 3. The summed E-state index contributed by atoms with van der Waals surface area (Å²) >= 11 is 0. The second-order valence-corrected chi connectivity index (χ2v) is 4.80. The number of hydrogen-bond acceptors (Lipinski definition) is 5. The summed E-state index contributed by atoms with van der Waals surface area (Å²) < 4.78 is 6.70. The van der Waals surface area contributed by atoms with Crippen LogP contribution in [0.5, 0.6) is 0 Å². The molecule has 0 bridgehead atoms. The van der Waals surface area contributed by atoms with Crippen LogP contribution < -0.4 is 5.73 Å². The molecular weight excluding hydrogens is 268 g/mol. The van der Waals surface area contributed by atoms with Gasteiger partial charge in [0.05, 0.1) is 23.0 Å². The van der Waals surface area contributed by atoms with Gasteiger partial charge in [-0.15, -0.1) is 0 Å². The molecule has 0 aliphatic carbocycles. The third kappa shape index (κ3) is 2.87. The summed E-state index contributed by atoms with van der Waals surface area (Å²) in [6.45, 7) is 3.73. The number of rotatable bonds is 3. The third-order valence-electron chi connectivity index (χ3n) is 3.29. The van der Waals surface area contributed by atoms with Crippen LogP contribution in [0.2, 0.25) is 0 Å². The minimum atomic E-state index is -0.514. The summed E-state index contributed by atoms with van der Waals surface area (Å²) in [6, 6.07) is 7.29. The standard InChI is InChI=1S/C15H16N4O2/c1-9-6-11(7-16)4-5-12(9)8-21-15(20)14-13(17)10(2)18-19(14)3/h4-6H,8,17H2,1-3H3. The van der Waals surface area contributed by atoms with E-state index in [-0.39, 0.29) is 12.3 Å². The molecule has 0 fully saturated rings. The van der Waals surface area contributed by atoms with Crippen molar-refractivity contribution in [1.82, 2.24) is 9.78 Å². The van der Waals surface area contributed by atoms with Gasteiger partial charge >= 0.3 is 5.97 Å². The summed E-state index contributed by atoms with van der Waals surface area (Å²) in [5, 5.41) is 12.9. The maximum absolute atomic E-state index is 12.1. The van der Waals surface area contributed by atoms with Gasteiger partial charge in [-0.25, -0.2) is 4.79 Å². The van der Waals surface area contributed by atoms with Crippen molar-refractivity contribution in [2.45, 2.75) is 20.5 Å². The van der Waals surface area contributed by atoms with Gasteiger partial charge in [0.1, 0.15) is 6.61 Å². The molecule has 1 aromatic heterocycles. The number of nitrogen functional groups attached to an aromatic ring is 1. The van der Waals surface area contributed by atoms with Crippen LogP contribution in [0.15, 0.2) is 18.2 Å². The van der Waals surface area contributed by atoms with Crippen LogP contribution in [0.1, 0.15) is 32.9 Å². The van der Waals surface area contributed by atoms with E-state index in [0.29, 0.717) is 16.9 Å². The Hall–Kier alpha value is -2.81. The van der Waals surface area contributed by atoms with Crippen LogP contribution in [-0.2, 0) is 18.4 Å². The van der Waals surface area contributed by atoms with E-state index < -0.39 is 5.97 Å². The Morgan fingerprint density at radius 3 is 2.71 bits per heavy atom. The number of anilines is 1. The predicted octanol–water partition coefficient (Wildman–Crippen LogP) is 1.85. The molecule has 0 amide bonds. The van der Waals surface area contributed by atoms with Crippen molar-refractivity contribution >= 4 is 11.7 Å². The first-order chi connectivity index (χ1) is 9.93. The topological polar surface area (TPSA) is 93.9 Å². The Morgan fingerprint density at radius 1 is 1.48 bits per heavy atom. The van der Waals surface area contributed by atoms with Crippen LogP contribution in [0.25, 0.3) is 0 Å². The summed E-state index contributed by atoms with van der Waals surface area (Å²) in [5.74, 6) is -0.514. The molecule has 0 saturated carbocycles. The number of carbonyl (C=O) groups is 1. The first-order valence-electron chi connectivity index (χ1n) is 6.40. The van der Waals surface area contributed by atoms with E-state index in [0.717, 1.165) is 11.1 Å². The maximum Gasteiger partial charge on any atom is 0.359 e. The Kier molecular flexibility index (Phi) is 3.94. The Labute approximate surface area is 122 Å². The lowest BCUT2D eigenvalue weighted by Crippen LogP contribution is -2.13. The molecule has 108 valence electrons. The van der Waals surface area contributed by atoms with Crippen molar-refractivity contribution in [3.05, 3.63) is 46.3 Å². The molecule has 0 atom stereocenters. The number of esters is 1. The molecule has 1 heterocycles. The van der Waals surface area contributed by atoms with E-state index >= 15 is 0 Å². The zero-order valence-corrected chi connectivity index (χ0v) is 12.2. The van der Waals surface area contributed by atoms with Gasteiger partial charge in [-0.2, -0.15) is 10.4 Å². The molecule has 0 radical (unpaired) electrons. The molecule has 0 unspecified atom stereocenters. The smallest absolute Gasteiger partial charge is 0.359 e. The van der Waals surface area contributed by atoms with Crippen molar-refractivity contribution < 1.29 is 9.53 Å². The number of aryl methyl sites for hydroxylation is 3. The highest BCUT2D eigenvalue weighted by atomic mass is 16.5. The van der Waals surface area contributed by atoms with Crippen molar-refractivity contribution in [3.63, 3.8) is 0 Å². The van der Waals surface area contributed by atoms with Crippen LogP contribution >= 0.6 is 0 Å². The fourth-order valence-corrected chi connectivity index (χ4v) is 2.06. The van der Waals surface area contributed by atoms with Crippen LogP contribution in [0.3, 0.4) is 0 Å². The lowest BCUT2D eigenvalue weighted by Gasteiger charge is -2.08. The van der Waals surface area contributed by atoms with Gasteiger partial charge in [0.2, 0.25) is 0 Å². The average molecular weight is 284 g/mol. The summed E-state index contributed by atoms with van der Waals surface area (Å²) in [7, 11) is 1.65. The van der Waals surface area contributed by atoms with Gasteiger partial charge in [0, 0.05) is 7.05 Å². The van der Waals surface area contributed by atoms with Crippen molar-refractivity contribution in [3.8, 4) is 6.07 Å². The first kappa shape index (κ1) is 14.6. The fourth-order valence-electron chi connectivity index (χ4n) is 2.06. The number of carbonyl (C=O) groups excluding carboxylic acids is 1. The largest absolute Gasteiger partial charge is 0.456 e. The SMILES string of the molecule is Cc1cc(C#N)ccc1COC(=O)c1c(N)c(C)nn1C. The highest BCUT2D eigenvalue weighted by Crippen LogP contribution is 2.18. The van der Waals surface area contributed by atoms with Gasteiger partial charge in [0.25, 0.3) is 0 Å². The zero-order chi connectivity index (χ0) is 15.6. The summed E-state index contributed by atoms with van der Waals surface area (Å²) in [5.41, 5.74) is 9.32. The monoisotopic (exact) mass is 284 g/mol. The van der Waals surface area contributed by atoms with Gasteiger partial charge in [0.15, 0.2) is 5.69 Å². The molecule has 2 aromatic rings. The highest BCUT2D eigenvalue weighted by Gasteiger charge is 2.19. The fraction of sp³-hybridized carbons (Fsp3) is 0.267. The minimum absolute atomic E-state index is 0.125. The van der Waals surface area contributed by atoms with Crippen LogP contribution in [0.4, 0.5) is 5.69 Å². The molecule has 0 saturated heterocycles. The molecule has 0 aliphatic heterocycles. The van der Waals surface area contributed by atoms with E-state index in [1.165, 1.54) is 4.68 Å². The Balaban J connectivity index is 2.13. The van der Waals surface area contributed by atoms with E-state index in [9.17, 15) is 4.79 Å². The molecule has 6 nitrogen and oxygen atoms in total. The van der Waals surface area contributed by atoms with E-state index in [2.05, 4.69) is 11.2 Å². The second kappa shape index (κ2) is 5.67. The van der Waals surface area contributed by atoms with Gasteiger partial charge in [-0.05, 0) is 37.1 Å². The number of ether oxygens (including phenoxy) is 1. The Morgan fingerprint density at radius 2 is 2.19 bits per heavy atom. The van der Waals surface area contributed by atoms with Crippen LogP contribution in [0, 0.1) is 25.2 Å². The van der Waals surface area contributed by atoms with Gasteiger partial charge in [-0.1, -0.05) is 6.07 Å². The Bertz CT molecular complexity index is 741. The number of aromatic nitrogens is 2. The first-order valence-corrected chi connectivity index (χ1v) is 6.40. The number of nitriles is 1. The van der Waals surface area contributed by atoms with Gasteiger partial charge < -0.3 is 10.5 Å². The zero-order valence-electron chi connectivity index (χ0n) is 12.2. The highest BCUT2D eigenvalue weighted by molar-refractivity contribution is 5.93. The summed E-state index contributed by atoms with van der Waals surface area (Å²) in [6.07, 6.45) is 0. The molecular formula is C15H16N4O2. The molecule has 6 heteroatoms. The second-order valence-electron chi connectivity index (χ2n) is 4.80. The molecule has 1 aromatic carbocycles. The molecule has 2 N–H and O–H groups in total. The number of nitrogens with two attached hydrogens (primary N) is 1. The van der Waals surface area contributed by atoms with Crippen molar-refractivity contribution in [2.24, 2.45) is 7.05 Å². The normalized spacial score (nSPS) is 10.2. The van der Waals surface area contributed by atoms with Gasteiger partial charge in [-0.3, -0.25) is 4.68 Å². The third-order valence-corrected chi connectivity index (χ3v) is 3.29. The lowest BCUT2D eigenvalue weighted by molar-refractivity contribution is 0.0460. The number of benzene rings is 1.